The Kier molecular flexibility index (Phi) is 20.6. The largest absolute Gasteiger partial charge is 0.478 e. The molecular weight excluding hydrogens is 264 g/mol. The number of hydrogen-bond acceptors (Lipinski definition) is 2. The molecular formula is C12H16FeO4. The number of carboxylic acid groups (broad SMARTS) is 2. The number of carboxylic acids is 2. The average Bonchev–Trinajstić information content (AvgIpc) is 2.18. The van der Waals surface area contributed by atoms with Crippen molar-refractivity contribution < 1.29 is 36.9 Å². The van der Waals surface area contributed by atoms with Crippen molar-refractivity contribution in [1.82, 2.24) is 0 Å². The molecule has 0 amide bonds. The summed E-state index contributed by atoms with van der Waals surface area (Å²) in [6, 6.07) is 0. The maximum Gasteiger partial charge on any atom is 0.328 e. The Labute approximate surface area is 112 Å². The molecule has 0 aromatic carbocycles. The van der Waals surface area contributed by atoms with Crippen LogP contribution in [-0.4, -0.2) is 22.2 Å². The predicted molar refractivity (Wildman–Crippen MR) is 63.2 cm³/mol. The molecule has 0 fully saturated rings. The van der Waals surface area contributed by atoms with Gasteiger partial charge in [-0.3, -0.25) is 0 Å². The van der Waals surface area contributed by atoms with E-state index in [4.69, 9.17) is 10.2 Å². The molecule has 0 aliphatic rings. The van der Waals surface area contributed by atoms with Crippen molar-refractivity contribution in [3.8, 4) is 0 Å². The maximum absolute atomic E-state index is 9.75. The SMILES string of the molecule is C/C=C/C=C/C(=O)O.C/C=C/C=C/C(=O)O.[Fe]. The number of rotatable bonds is 4. The van der Waals surface area contributed by atoms with Crippen molar-refractivity contribution in [2.45, 2.75) is 13.8 Å². The quantitative estimate of drug-likeness (QED) is 0.471. The number of carbonyl (C=O) groups is 2. The van der Waals surface area contributed by atoms with Crippen molar-refractivity contribution in [1.29, 1.82) is 0 Å². The van der Waals surface area contributed by atoms with Gasteiger partial charge in [0.05, 0.1) is 0 Å². The molecule has 5 heteroatoms. The molecule has 0 unspecified atom stereocenters. The van der Waals surface area contributed by atoms with Crippen LogP contribution in [0.5, 0.6) is 0 Å². The van der Waals surface area contributed by atoms with Gasteiger partial charge < -0.3 is 10.2 Å². The summed E-state index contributed by atoms with van der Waals surface area (Å²) in [5.74, 6) is -1.83. The van der Waals surface area contributed by atoms with Gasteiger partial charge in [-0.1, -0.05) is 36.5 Å². The molecule has 2 N–H and O–H groups in total. The van der Waals surface area contributed by atoms with Crippen LogP contribution in [0.2, 0.25) is 0 Å². The molecule has 17 heavy (non-hydrogen) atoms. The van der Waals surface area contributed by atoms with E-state index in [9.17, 15) is 9.59 Å². The van der Waals surface area contributed by atoms with Crippen LogP contribution in [0.1, 0.15) is 13.8 Å². The van der Waals surface area contributed by atoms with Gasteiger partial charge >= 0.3 is 11.9 Å². The minimum atomic E-state index is -0.914. The molecule has 0 spiro atoms. The van der Waals surface area contributed by atoms with E-state index in [0.29, 0.717) is 0 Å². The van der Waals surface area contributed by atoms with E-state index in [1.165, 1.54) is 12.2 Å². The maximum atomic E-state index is 9.75. The van der Waals surface area contributed by atoms with Crippen LogP contribution in [0.4, 0.5) is 0 Å². The second-order valence-corrected chi connectivity index (χ2v) is 2.45. The zero-order chi connectivity index (χ0) is 12.8. The van der Waals surface area contributed by atoms with Gasteiger partial charge in [-0.25, -0.2) is 9.59 Å². The summed E-state index contributed by atoms with van der Waals surface area (Å²) in [7, 11) is 0. The molecule has 0 aliphatic heterocycles. The molecule has 4 nitrogen and oxygen atoms in total. The Morgan fingerprint density at radius 3 is 1.24 bits per heavy atom. The summed E-state index contributed by atoms with van der Waals surface area (Å²) in [4.78, 5) is 19.5. The summed E-state index contributed by atoms with van der Waals surface area (Å²) in [5.41, 5.74) is 0. The molecule has 0 saturated heterocycles. The van der Waals surface area contributed by atoms with Gasteiger partial charge in [0.1, 0.15) is 0 Å². The number of hydrogen-bond donors (Lipinski definition) is 2. The average molecular weight is 280 g/mol. The third-order valence-electron chi connectivity index (χ3n) is 1.08. The molecule has 0 rings (SSSR count). The van der Waals surface area contributed by atoms with Crippen LogP contribution >= 0.6 is 0 Å². The van der Waals surface area contributed by atoms with Crippen LogP contribution in [-0.2, 0) is 26.7 Å². The van der Waals surface area contributed by atoms with Gasteiger partial charge in [-0.05, 0) is 13.8 Å². The van der Waals surface area contributed by atoms with Crippen LogP contribution < -0.4 is 0 Å². The third-order valence-corrected chi connectivity index (χ3v) is 1.08. The van der Waals surface area contributed by atoms with Gasteiger partial charge in [0.2, 0.25) is 0 Å². The molecule has 0 atom stereocenters. The molecule has 0 bridgehead atoms. The summed E-state index contributed by atoms with van der Waals surface area (Å²) in [6.07, 6.45) is 12.0. The van der Waals surface area contributed by atoms with Gasteiger partial charge in [0, 0.05) is 29.2 Å². The number of allylic oxidation sites excluding steroid dienone is 6. The van der Waals surface area contributed by atoms with E-state index < -0.39 is 11.9 Å². The van der Waals surface area contributed by atoms with Crippen LogP contribution in [0.25, 0.3) is 0 Å². The normalized spacial score (nSPS) is 10.5. The standard InChI is InChI=1S/2C6H8O2.Fe/c2*1-2-3-4-5-6(7)8;/h2*2-5H,1H3,(H,7,8);/b2*3-2+,5-4+;. The summed E-state index contributed by atoms with van der Waals surface area (Å²) in [6.45, 7) is 3.65. The van der Waals surface area contributed by atoms with E-state index in [-0.39, 0.29) is 17.1 Å². The Balaban J connectivity index is -0.000000218. The first-order valence-corrected chi connectivity index (χ1v) is 4.59. The molecule has 0 aromatic rings. The molecule has 0 radical (unpaired) electrons. The summed E-state index contributed by atoms with van der Waals surface area (Å²) >= 11 is 0. The fourth-order valence-electron chi connectivity index (χ4n) is 0.498. The fourth-order valence-corrected chi connectivity index (χ4v) is 0.498. The van der Waals surface area contributed by atoms with Crippen LogP contribution in [0, 0.1) is 0 Å². The second kappa shape index (κ2) is 16.8. The van der Waals surface area contributed by atoms with Crippen molar-refractivity contribution in [2.75, 3.05) is 0 Å². The van der Waals surface area contributed by atoms with Crippen LogP contribution in [0.15, 0.2) is 48.6 Å². The van der Waals surface area contributed by atoms with E-state index in [1.807, 2.05) is 13.8 Å². The monoisotopic (exact) mass is 280 g/mol. The third kappa shape index (κ3) is 31.4. The topological polar surface area (TPSA) is 74.6 Å². The molecule has 0 heterocycles. The summed E-state index contributed by atoms with van der Waals surface area (Å²) < 4.78 is 0. The van der Waals surface area contributed by atoms with E-state index in [0.717, 1.165) is 12.2 Å². The molecule has 0 aliphatic carbocycles. The zero-order valence-corrected chi connectivity index (χ0v) is 10.8. The molecule has 0 saturated carbocycles. The van der Waals surface area contributed by atoms with Gasteiger partial charge in [-0.15, -0.1) is 0 Å². The van der Waals surface area contributed by atoms with Gasteiger partial charge in [-0.2, -0.15) is 0 Å². The van der Waals surface area contributed by atoms with Crippen molar-refractivity contribution in [3.63, 3.8) is 0 Å². The minimum absolute atomic E-state index is 0. The first-order valence-electron chi connectivity index (χ1n) is 4.59. The predicted octanol–water partition coefficient (Wildman–Crippen LogP) is 2.40. The van der Waals surface area contributed by atoms with E-state index >= 15 is 0 Å². The molecule has 0 aromatic heterocycles. The van der Waals surface area contributed by atoms with E-state index in [2.05, 4.69) is 0 Å². The Morgan fingerprint density at radius 2 is 1.06 bits per heavy atom. The Hall–Kier alpha value is -1.58. The number of aliphatic carboxylic acids is 2. The van der Waals surface area contributed by atoms with Gasteiger partial charge in [0.25, 0.3) is 0 Å². The van der Waals surface area contributed by atoms with E-state index in [1.54, 1.807) is 24.3 Å². The Bertz CT molecular complexity index is 282. The van der Waals surface area contributed by atoms with Crippen molar-refractivity contribution >= 4 is 11.9 Å². The van der Waals surface area contributed by atoms with Gasteiger partial charge in [0.15, 0.2) is 0 Å². The zero-order valence-electron chi connectivity index (χ0n) is 9.68. The first-order chi connectivity index (χ1) is 7.54. The Morgan fingerprint density at radius 1 is 0.765 bits per heavy atom. The van der Waals surface area contributed by atoms with Crippen molar-refractivity contribution in [2.24, 2.45) is 0 Å². The second-order valence-electron chi connectivity index (χ2n) is 2.45. The minimum Gasteiger partial charge on any atom is -0.478 e. The summed E-state index contributed by atoms with van der Waals surface area (Å²) in [5, 5.41) is 16.0. The fraction of sp³-hybridized carbons (Fsp3) is 0.167. The smallest absolute Gasteiger partial charge is 0.328 e. The van der Waals surface area contributed by atoms with Crippen molar-refractivity contribution in [3.05, 3.63) is 48.6 Å². The van der Waals surface area contributed by atoms with Crippen LogP contribution in [0.3, 0.4) is 0 Å². The molecule has 96 valence electrons. The first kappa shape index (κ1) is 20.8.